The highest BCUT2D eigenvalue weighted by molar-refractivity contribution is 8.15. The van der Waals surface area contributed by atoms with Gasteiger partial charge in [-0.3, -0.25) is 14.5 Å². The number of hydrogen-bond acceptors (Lipinski definition) is 8. The molecule has 1 N–H and O–H groups in total. The van der Waals surface area contributed by atoms with Gasteiger partial charge in [-0.2, -0.15) is 0 Å². The zero-order valence-corrected chi connectivity index (χ0v) is 23.8. The SMILES string of the molecule is CCOc1ccc(NC(=O)[C@@H]2CC(=O)N(CCc3ccc(OC)c(OC)c3)C(=Nc3ccc(OC)cc3)S2)cc1. The molecule has 210 valence electrons. The maximum absolute atomic E-state index is 13.4. The molecule has 1 atom stereocenters. The fourth-order valence-electron chi connectivity index (χ4n) is 4.13. The third-order valence-electron chi connectivity index (χ3n) is 6.23. The minimum absolute atomic E-state index is 0.0566. The number of ether oxygens (including phenoxy) is 4. The molecule has 0 unspecified atom stereocenters. The van der Waals surface area contributed by atoms with Crippen LogP contribution in [0.5, 0.6) is 23.0 Å². The van der Waals surface area contributed by atoms with Gasteiger partial charge in [0.05, 0.1) is 33.6 Å². The van der Waals surface area contributed by atoms with E-state index in [1.54, 1.807) is 62.6 Å². The number of aliphatic imine (C=N–C) groups is 1. The molecule has 1 saturated heterocycles. The second kappa shape index (κ2) is 13.7. The third kappa shape index (κ3) is 7.26. The van der Waals surface area contributed by atoms with E-state index in [1.807, 2.05) is 37.3 Å². The van der Waals surface area contributed by atoms with Gasteiger partial charge in [0.2, 0.25) is 11.8 Å². The number of nitrogens with one attached hydrogen (secondary N) is 1. The Bertz CT molecular complexity index is 1340. The molecule has 2 amide bonds. The summed E-state index contributed by atoms with van der Waals surface area (Å²) >= 11 is 1.28. The Morgan fingerprint density at radius 3 is 2.30 bits per heavy atom. The highest BCUT2D eigenvalue weighted by atomic mass is 32.2. The second-order valence-corrected chi connectivity index (χ2v) is 10.0. The van der Waals surface area contributed by atoms with E-state index in [9.17, 15) is 9.59 Å². The summed E-state index contributed by atoms with van der Waals surface area (Å²) in [5.41, 5.74) is 2.26. The van der Waals surface area contributed by atoms with Crippen molar-refractivity contribution in [2.75, 3.05) is 39.8 Å². The van der Waals surface area contributed by atoms with E-state index < -0.39 is 5.25 Å². The first-order valence-electron chi connectivity index (χ1n) is 12.9. The molecule has 4 rings (SSSR count). The van der Waals surface area contributed by atoms with Gasteiger partial charge in [-0.25, -0.2) is 4.99 Å². The summed E-state index contributed by atoms with van der Waals surface area (Å²) in [6, 6.07) is 20.1. The van der Waals surface area contributed by atoms with Crippen LogP contribution in [-0.2, 0) is 16.0 Å². The van der Waals surface area contributed by atoms with Crippen molar-refractivity contribution in [3.8, 4) is 23.0 Å². The van der Waals surface area contributed by atoms with Crippen LogP contribution >= 0.6 is 11.8 Å². The number of carbonyl (C=O) groups is 2. The molecule has 1 aliphatic rings. The summed E-state index contributed by atoms with van der Waals surface area (Å²) < 4.78 is 21.5. The predicted molar refractivity (Wildman–Crippen MR) is 157 cm³/mol. The number of benzene rings is 3. The average molecular weight is 564 g/mol. The minimum atomic E-state index is -0.631. The number of hydrogen-bond donors (Lipinski definition) is 1. The Morgan fingerprint density at radius 1 is 0.950 bits per heavy atom. The molecule has 1 heterocycles. The van der Waals surface area contributed by atoms with Crippen molar-refractivity contribution in [1.82, 2.24) is 4.90 Å². The summed E-state index contributed by atoms with van der Waals surface area (Å²) in [6.07, 6.45) is 0.623. The van der Waals surface area contributed by atoms with E-state index in [0.29, 0.717) is 53.4 Å². The number of amides is 2. The maximum Gasteiger partial charge on any atom is 0.238 e. The molecule has 3 aromatic rings. The van der Waals surface area contributed by atoms with Crippen LogP contribution in [0.15, 0.2) is 71.7 Å². The Hall–Kier alpha value is -4.18. The van der Waals surface area contributed by atoms with Crippen LogP contribution in [0, 0.1) is 0 Å². The fourth-order valence-corrected chi connectivity index (χ4v) is 5.25. The summed E-state index contributed by atoms with van der Waals surface area (Å²) in [4.78, 5) is 33.0. The van der Waals surface area contributed by atoms with Crippen molar-refractivity contribution in [2.45, 2.75) is 25.0 Å². The highest BCUT2D eigenvalue weighted by Gasteiger charge is 2.36. The van der Waals surface area contributed by atoms with Crippen molar-refractivity contribution < 1.29 is 28.5 Å². The molecule has 40 heavy (non-hydrogen) atoms. The maximum atomic E-state index is 13.4. The van der Waals surface area contributed by atoms with Crippen molar-refractivity contribution in [1.29, 1.82) is 0 Å². The van der Waals surface area contributed by atoms with Crippen molar-refractivity contribution >= 4 is 40.1 Å². The van der Waals surface area contributed by atoms with Gasteiger partial charge in [-0.05, 0) is 79.6 Å². The summed E-state index contributed by atoms with van der Waals surface area (Å²) in [5.74, 6) is 2.26. The Balaban J connectivity index is 1.53. The molecule has 0 radical (unpaired) electrons. The summed E-state index contributed by atoms with van der Waals surface area (Å²) in [7, 11) is 4.77. The van der Waals surface area contributed by atoms with E-state index in [1.165, 1.54) is 11.8 Å². The molecule has 1 aliphatic heterocycles. The number of anilines is 1. The number of rotatable bonds is 11. The van der Waals surface area contributed by atoms with Crippen LogP contribution in [0.4, 0.5) is 11.4 Å². The molecule has 0 bridgehead atoms. The minimum Gasteiger partial charge on any atom is -0.497 e. The molecule has 0 aliphatic carbocycles. The first-order chi connectivity index (χ1) is 19.4. The van der Waals surface area contributed by atoms with Crippen LogP contribution in [0.1, 0.15) is 18.9 Å². The molecule has 0 saturated carbocycles. The van der Waals surface area contributed by atoms with Crippen LogP contribution in [0.2, 0.25) is 0 Å². The van der Waals surface area contributed by atoms with Crippen LogP contribution in [0.3, 0.4) is 0 Å². The van der Waals surface area contributed by atoms with Gasteiger partial charge in [-0.1, -0.05) is 17.8 Å². The zero-order valence-electron chi connectivity index (χ0n) is 23.0. The normalized spacial score (nSPS) is 16.0. The number of thioether (sulfide) groups is 1. The van der Waals surface area contributed by atoms with Crippen LogP contribution in [-0.4, -0.2) is 61.6 Å². The zero-order chi connectivity index (χ0) is 28.5. The van der Waals surface area contributed by atoms with Gasteiger partial charge >= 0.3 is 0 Å². The molecule has 0 spiro atoms. The van der Waals surface area contributed by atoms with Gasteiger partial charge in [-0.15, -0.1) is 0 Å². The predicted octanol–water partition coefficient (Wildman–Crippen LogP) is 5.31. The molecule has 9 nitrogen and oxygen atoms in total. The largest absolute Gasteiger partial charge is 0.497 e. The quantitative estimate of drug-likeness (QED) is 0.337. The number of methoxy groups -OCH3 is 3. The summed E-state index contributed by atoms with van der Waals surface area (Å²) in [6.45, 7) is 2.87. The lowest BCUT2D eigenvalue weighted by molar-refractivity contribution is -0.129. The van der Waals surface area contributed by atoms with Gasteiger partial charge in [0, 0.05) is 18.7 Å². The molecular formula is C30H33N3O6S. The van der Waals surface area contributed by atoms with Crippen molar-refractivity contribution in [3.63, 3.8) is 0 Å². The molecule has 10 heteroatoms. The smallest absolute Gasteiger partial charge is 0.238 e. The lowest BCUT2D eigenvalue weighted by atomic mass is 10.1. The number of carbonyl (C=O) groups excluding carboxylic acids is 2. The Kier molecular flexibility index (Phi) is 9.91. The van der Waals surface area contributed by atoms with Gasteiger partial charge in [0.25, 0.3) is 0 Å². The molecule has 1 fully saturated rings. The third-order valence-corrected chi connectivity index (χ3v) is 7.42. The van der Waals surface area contributed by atoms with Gasteiger partial charge in [0.1, 0.15) is 16.7 Å². The van der Waals surface area contributed by atoms with E-state index in [4.69, 9.17) is 23.9 Å². The lowest BCUT2D eigenvalue weighted by Gasteiger charge is -2.32. The lowest BCUT2D eigenvalue weighted by Crippen LogP contribution is -2.46. The standard InChI is InChI=1S/C30H33N3O6S/c1-5-39-24-13-9-21(10-14-24)31-29(35)27-19-28(34)33(17-16-20-6-15-25(37-3)26(18-20)38-4)30(40-27)32-22-7-11-23(36-2)12-8-22/h6-15,18,27H,5,16-17,19H2,1-4H3,(H,31,35)/t27-/m0/s1. The topological polar surface area (TPSA) is 98.7 Å². The highest BCUT2D eigenvalue weighted by Crippen LogP contribution is 2.32. The molecule has 3 aromatic carbocycles. The van der Waals surface area contributed by atoms with E-state index in [-0.39, 0.29) is 18.2 Å². The van der Waals surface area contributed by atoms with E-state index in [2.05, 4.69) is 5.32 Å². The second-order valence-electron chi connectivity index (χ2n) is 8.83. The van der Waals surface area contributed by atoms with Crippen molar-refractivity contribution in [3.05, 3.63) is 72.3 Å². The fraction of sp³-hybridized carbons (Fsp3) is 0.300. The molecular weight excluding hydrogens is 530 g/mol. The molecule has 0 aromatic heterocycles. The monoisotopic (exact) mass is 563 g/mol. The summed E-state index contributed by atoms with van der Waals surface area (Å²) in [5, 5.41) is 2.75. The number of nitrogens with zero attached hydrogens (tertiary/aromatic N) is 2. The van der Waals surface area contributed by atoms with Gasteiger partial charge in [0.15, 0.2) is 16.7 Å². The van der Waals surface area contributed by atoms with Crippen LogP contribution in [0.25, 0.3) is 0 Å². The Morgan fingerprint density at radius 2 is 1.65 bits per heavy atom. The van der Waals surface area contributed by atoms with Crippen LogP contribution < -0.4 is 24.3 Å². The first-order valence-corrected chi connectivity index (χ1v) is 13.8. The first kappa shape index (κ1) is 28.8. The van der Waals surface area contributed by atoms with E-state index in [0.717, 1.165) is 11.3 Å². The van der Waals surface area contributed by atoms with Gasteiger partial charge < -0.3 is 24.3 Å². The van der Waals surface area contributed by atoms with Crippen molar-refractivity contribution in [2.24, 2.45) is 4.99 Å². The number of amidine groups is 1. The van der Waals surface area contributed by atoms with E-state index >= 15 is 0 Å². The Labute approximate surface area is 238 Å². The average Bonchev–Trinajstić information content (AvgIpc) is 2.98.